The third-order valence-corrected chi connectivity index (χ3v) is 3.14. The van der Waals surface area contributed by atoms with Crippen LogP contribution in [-0.2, 0) is 9.59 Å². The van der Waals surface area contributed by atoms with Crippen LogP contribution in [0.5, 0.6) is 0 Å². The van der Waals surface area contributed by atoms with Crippen LogP contribution in [0.25, 0.3) is 0 Å². The summed E-state index contributed by atoms with van der Waals surface area (Å²) < 4.78 is 0. The fourth-order valence-corrected chi connectivity index (χ4v) is 1.74. The molecule has 0 aliphatic heterocycles. The Morgan fingerprint density at radius 1 is 1.15 bits per heavy atom. The number of carbonyl (C=O) groups excluding carboxylic acids is 2. The number of carboxylic acids is 1. The highest BCUT2D eigenvalue weighted by Crippen LogP contribution is 2.00. The minimum atomic E-state index is -0.944. The van der Waals surface area contributed by atoms with Gasteiger partial charge in [0.05, 0.1) is 5.92 Å². The van der Waals surface area contributed by atoms with Crippen molar-refractivity contribution in [3.05, 3.63) is 0 Å². The van der Waals surface area contributed by atoms with E-state index < -0.39 is 24.0 Å². The third kappa shape index (κ3) is 5.90. The average molecular weight is 287 g/mol. The van der Waals surface area contributed by atoms with Gasteiger partial charge in [0.2, 0.25) is 5.91 Å². The molecule has 7 heteroatoms. The molecule has 20 heavy (non-hydrogen) atoms. The molecule has 0 spiro atoms. The number of carbonyl (C=O) groups is 3. The van der Waals surface area contributed by atoms with Gasteiger partial charge in [-0.2, -0.15) is 0 Å². The summed E-state index contributed by atoms with van der Waals surface area (Å²) in [6, 6.07) is -1.17. The molecule has 0 rings (SSSR count). The lowest BCUT2D eigenvalue weighted by molar-refractivity contribution is -0.141. The number of carboxylic acid groups (broad SMARTS) is 1. The van der Waals surface area contributed by atoms with Gasteiger partial charge in [-0.25, -0.2) is 4.79 Å². The first kappa shape index (κ1) is 18.2. The summed E-state index contributed by atoms with van der Waals surface area (Å²) in [6.07, 6.45) is 0.434. The van der Waals surface area contributed by atoms with Crippen molar-refractivity contribution in [3.8, 4) is 0 Å². The molecule has 3 amide bonds. The Kier molecular flexibility index (Phi) is 8.35. The first-order valence-electron chi connectivity index (χ1n) is 6.93. The standard InChI is InChI=1S/C13H25N3O4/c1-5-10(12(18)19)8-14-13(20)15-9(4)11(17)16(6-2)7-3/h9-10H,5-8H2,1-4H3,(H,18,19)(H2,14,15,20). The van der Waals surface area contributed by atoms with E-state index in [1.807, 2.05) is 13.8 Å². The van der Waals surface area contributed by atoms with Crippen molar-refractivity contribution in [2.45, 2.75) is 40.2 Å². The highest BCUT2D eigenvalue weighted by molar-refractivity contribution is 5.86. The summed E-state index contributed by atoms with van der Waals surface area (Å²) in [7, 11) is 0. The molecule has 0 aromatic rings. The van der Waals surface area contributed by atoms with Crippen LogP contribution in [0.3, 0.4) is 0 Å². The van der Waals surface area contributed by atoms with E-state index in [0.29, 0.717) is 19.5 Å². The number of hydrogen-bond donors (Lipinski definition) is 3. The van der Waals surface area contributed by atoms with Crippen molar-refractivity contribution in [2.75, 3.05) is 19.6 Å². The first-order valence-corrected chi connectivity index (χ1v) is 6.93. The van der Waals surface area contributed by atoms with E-state index >= 15 is 0 Å². The number of hydrogen-bond acceptors (Lipinski definition) is 3. The number of aliphatic carboxylic acids is 1. The summed E-state index contributed by atoms with van der Waals surface area (Å²) in [5.74, 6) is -1.72. The molecule has 0 aromatic carbocycles. The Balaban J connectivity index is 4.26. The van der Waals surface area contributed by atoms with E-state index in [0.717, 1.165) is 0 Å². The normalized spacial score (nSPS) is 13.2. The maximum atomic E-state index is 11.9. The average Bonchev–Trinajstić information content (AvgIpc) is 2.40. The molecule has 0 saturated heterocycles. The number of urea groups is 1. The topological polar surface area (TPSA) is 98.7 Å². The maximum absolute atomic E-state index is 11.9. The summed E-state index contributed by atoms with van der Waals surface area (Å²) in [5, 5.41) is 13.8. The van der Waals surface area contributed by atoms with Gasteiger partial charge in [-0.15, -0.1) is 0 Å². The summed E-state index contributed by atoms with van der Waals surface area (Å²) in [6.45, 7) is 8.29. The summed E-state index contributed by atoms with van der Waals surface area (Å²) >= 11 is 0. The van der Waals surface area contributed by atoms with Crippen molar-refractivity contribution in [2.24, 2.45) is 5.92 Å². The Morgan fingerprint density at radius 3 is 2.10 bits per heavy atom. The van der Waals surface area contributed by atoms with Gasteiger partial charge in [0.15, 0.2) is 0 Å². The second-order valence-corrected chi connectivity index (χ2v) is 4.53. The van der Waals surface area contributed by atoms with Crippen molar-refractivity contribution >= 4 is 17.9 Å². The number of nitrogens with zero attached hydrogens (tertiary/aromatic N) is 1. The summed E-state index contributed by atoms with van der Waals surface area (Å²) in [5.41, 5.74) is 0. The maximum Gasteiger partial charge on any atom is 0.315 e. The van der Waals surface area contributed by atoms with Crippen molar-refractivity contribution in [1.29, 1.82) is 0 Å². The highest BCUT2D eigenvalue weighted by Gasteiger charge is 2.21. The second kappa shape index (κ2) is 9.17. The SMILES string of the molecule is CCC(CNC(=O)NC(C)C(=O)N(CC)CC)C(=O)O. The Hall–Kier alpha value is -1.79. The first-order chi connectivity index (χ1) is 9.37. The zero-order valence-corrected chi connectivity index (χ0v) is 12.6. The van der Waals surface area contributed by atoms with Crippen LogP contribution in [0.1, 0.15) is 34.1 Å². The fourth-order valence-electron chi connectivity index (χ4n) is 1.74. The van der Waals surface area contributed by atoms with Crippen molar-refractivity contribution in [3.63, 3.8) is 0 Å². The monoisotopic (exact) mass is 287 g/mol. The van der Waals surface area contributed by atoms with E-state index in [9.17, 15) is 14.4 Å². The van der Waals surface area contributed by atoms with E-state index in [1.165, 1.54) is 0 Å². The van der Waals surface area contributed by atoms with Crippen LogP contribution in [0.4, 0.5) is 4.79 Å². The molecule has 3 N–H and O–H groups in total. The minimum Gasteiger partial charge on any atom is -0.481 e. The molecule has 0 aromatic heterocycles. The van der Waals surface area contributed by atoms with Gasteiger partial charge in [0.1, 0.15) is 6.04 Å². The van der Waals surface area contributed by atoms with Crippen LogP contribution in [0.15, 0.2) is 0 Å². The van der Waals surface area contributed by atoms with Gasteiger partial charge in [-0.3, -0.25) is 9.59 Å². The van der Waals surface area contributed by atoms with Gasteiger partial charge < -0.3 is 20.6 Å². The summed E-state index contributed by atoms with van der Waals surface area (Å²) in [4.78, 5) is 36.0. The van der Waals surface area contributed by atoms with E-state index in [-0.39, 0.29) is 12.5 Å². The molecule has 0 aliphatic carbocycles. The van der Waals surface area contributed by atoms with Crippen LogP contribution in [0.2, 0.25) is 0 Å². The lowest BCUT2D eigenvalue weighted by Crippen LogP contribution is -2.50. The lowest BCUT2D eigenvalue weighted by atomic mass is 10.1. The zero-order valence-electron chi connectivity index (χ0n) is 12.6. The molecule has 0 radical (unpaired) electrons. The molecule has 7 nitrogen and oxygen atoms in total. The zero-order chi connectivity index (χ0) is 15.7. The highest BCUT2D eigenvalue weighted by atomic mass is 16.4. The van der Waals surface area contributed by atoms with Gasteiger partial charge in [-0.1, -0.05) is 6.92 Å². The van der Waals surface area contributed by atoms with Crippen LogP contribution < -0.4 is 10.6 Å². The largest absolute Gasteiger partial charge is 0.481 e. The quantitative estimate of drug-likeness (QED) is 0.610. The predicted octanol–water partition coefficient (Wildman–Crippen LogP) is 0.653. The number of nitrogens with one attached hydrogen (secondary N) is 2. The Labute approximate surface area is 119 Å². The minimum absolute atomic E-state index is 0.0455. The van der Waals surface area contributed by atoms with Gasteiger partial charge in [0.25, 0.3) is 0 Å². The molecule has 0 heterocycles. The Morgan fingerprint density at radius 2 is 1.70 bits per heavy atom. The number of rotatable bonds is 8. The third-order valence-electron chi connectivity index (χ3n) is 3.14. The smallest absolute Gasteiger partial charge is 0.315 e. The van der Waals surface area contributed by atoms with E-state index in [1.54, 1.807) is 18.7 Å². The van der Waals surface area contributed by atoms with Crippen molar-refractivity contribution in [1.82, 2.24) is 15.5 Å². The molecule has 0 aliphatic rings. The van der Waals surface area contributed by atoms with Gasteiger partial charge in [-0.05, 0) is 27.2 Å². The number of amides is 3. The lowest BCUT2D eigenvalue weighted by Gasteiger charge is -2.23. The molecular weight excluding hydrogens is 262 g/mol. The number of likely N-dealkylation sites (N-methyl/N-ethyl adjacent to an activating group) is 1. The molecule has 116 valence electrons. The van der Waals surface area contributed by atoms with Crippen LogP contribution in [-0.4, -0.2) is 53.6 Å². The van der Waals surface area contributed by atoms with E-state index in [2.05, 4.69) is 10.6 Å². The molecule has 2 unspecified atom stereocenters. The fraction of sp³-hybridized carbons (Fsp3) is 0.769. The molecule has 0 bridgehead atoms. The molecule has 2 atom stereocenters. The second-order valence-electron chi connectivity index (χ2n) is 4.53. The predicted molar refractivity (Wildman–Crippen MR) is 75.3 cm³/mol. The van der Waals surface area contributed by atoms with Crippen LogP contribution >= 0.6 is 0 Å². The molecular formula is C13H25N3O4. The molecule has 0 saturated carbocycles. The van der Waals surface area contributed by atoms with Crippen molar-refractivity contribution < 1.29 is 19.5 Å². The van der Waals surface area contributed by atoms with Gasteiger partial charge >= 0.3 is 12.0 Å². The molecule has 0 fully saturated rings. The Bertz CT molecular complexity index is 343. The van der Waals surface area contributed by atoms with Crippen LogP contribution in [0, 0.1) is 5.92 Å². The van der Waals surface area contributed by atoms with E-state index in [4.69, 9.17) is 5.11 Å². The van der Waals surface area contributed by atoms with Gasteiger partial charge in [0, 0.05) is 19.6 Å².